The van der Waals surface area contributed by atoms with Crippen molar-refractivity contribution in [1.29, 1.82) is 0 Å². The maximum Gasteiger partial charge on any atom is 0.324 e. The van der Waals surface area contributed by atoms with Gasteiger partial charge in [-0.05, 0) is 88.8 Å². The molecule has 3 aliphatic rings. The van der Waals surface area contributed by atoms with Crippen LogP contribution in [0.15, 0.2) is 48.0 Å². The van der Waals surface area contributed by atoms with Crippen molar-refractivity contribution in [3.05, 3.63) is 75.6 Å². The average Bonchev–Trinajstić information content (AvgIpc) is 3.97. The van der Waals surface area contributed by atoms with Gasteiger partial charge in [-0.1, -0.05) is 33.8 Å². The molecule has 4 amide bonds. The lowest BCUT2D eigenvalue weighted by Crippen LogP contribution is -2.63. The van der Waals surface area contributed by atoms with Gasteiger partial charge in [-0.2, -0.15) is 5.10 Å². The van der Waals surface area contributed by atoms with E-state index in [-0.39, 0.29) is 37.1 Å². The number of rotatable bonds is 9. The Labute approximate surface area is 391 Å². The van der Waals surface area contributed by atoms with Gasteiger partial charge in [0, 0.05) is 91.5 Å². The second-order valence-electron chi connectivity index (χ2n) is 19.3. The zero-order valence-electron chi connectivity index (χ0n) is 39.9. The van der Waals surface area contributed by atoms with Gasteiger partial charge in [0.2, 0.25) is 5.91 Å². The summed E-state index contributed by atoms with van der Waals surface area (Å²) in [5.74, 6) is -1.57. The van der Waals surface area contributed by atoms with E-state index >= 15 is 0 Å². The summed E-state index contributed by atoms with van der Waals surface area (Å²) in [6.07, 6.45) is 3.26. The molecule has 16 nitrogen and oxygen atoms in total. The number of nitrogens with zero attached hydrogens (tertiary/aromatic N) is 8. The van der Waals surface area contributed by atoms with E-state index in [9.17, 15) is 19.2 Å². The van der Waals surface area contributed by atoms with Crippen LogP contribution >= 0.6 is 11.3 Å². The van der Waals surface area contributed by atoms with Gasteiger partial charge in [0.25, 0.3) is 5.91 Å². The fraction of sp³-hybridized carbons (Fsp3) is 0.531. The van der Waals surface area contributed by atoms with Crippen molar-refractivity contribution in [2.75, 3.05) is 40.4 Å². The van der Waals surface area contributed by atoms with E-state index < -0.39 is 41.3 Å². The Morgan fingerprint density at radius 1 is 1.12 bits per heavy atom. The van der Waals surface area contributed by atoms with Crippen LogP contribution < -0.4 is 10.7 Å². The van der Waals surface area contributed by atoms with E-state index in [4.69, 9.17) is 19.4 Å². The third-order valence-corrected chi connectivity index (χ3v) is 14.2. The summed E-state index contributed by atoms with van der Waals surface area (Å²) in [7, 11) is 3.33. The van der Waals surface area contributed by atoms with E-state index in [1.165, 1.54) is 21.2 Å². The first kappa shape index (κ1) is 46.9. The van der Waals surface area contributed by atoms with Crippen LogP contribution in [0.4, 0.5) is 4.79 Å². The molecule has 2 N–H and O–H groups in total. The molecule has 1 unspecified atom stereocenters. The molecule has 0 saturated carbocycles. The number of carbonyl (C=O) groups excluding carboxylic acids is 4. The number of aryl methyl sites for hydroxylation is 3. The van der Waals surface area contributed by atoms with Crippen molar-refractivity contribution in [3.8, 4) is 22.5 Å². The highest BCUT2D eigenvalue weighted by atomic mass is 32.1. The number of likely N-dealkylation sites (tertiary alicyclic amines) is 1. The van der Waals surface area contributed by atoms with Crippen LogP contribution in [-0.2, 0) is 43.2 Å². The predicted molar refractivity (Wildman–Crippen MR) is 253 cm³/mol. The van der Waals surface area contributed by atoms with Crippen LogP contribution in [0, 0.1) is 25.2 Å². The Kier molecular flexibility index (Phi) is 13.4. The highest BCUT2D eigenvalue weighted by Crippen LogP contribution is 2.42. The number of urea groups is 1. The maximum atomic E-state index is 14.6. The SMILES string of the molecule is CCn1c(-c2cccnc2[C@H](C)OC)c2c3cc(ccc31)-c1csc(n1)C[C@H](NC(=O)C(C(C)C)N(C)C(=O)N1CC(n3nc(C)cc3C)C1)C(=O)N1CCC[C@H](N1)C(=O)OCC(C)(C)C2. The number of hydrogen-bond donors (Lipinski definition) is 2. The number of methoxy groups -OCH3 is 1. The smallest absolute Gasteiger partial charge is 0.324 e. The fourth-order valence-corrected chi connectivity index (χ4v) is 10.7. The molecular weight excluding hydrogens is 857 g/mol. The van der Waals surface area contributed by atoms with Gasteiger partial charge in [-0.25, -0.2) is 15.2 Å². The zero-order valence-corrected chi connectivity index (χ0v) is 40.7. The second-order valence-corrected chi connectivity index (χ2v) is 20.2. The van der Waals surface area contributed by atoms with Crippen molar-refractivity contribution in [3.63, 3.8) is 0 Å². The van der Waals surface area contributed by atoms with Gasteiger partial charge in [0.15, 0.2) is 0 Å². The number of aromatic nitrogens is 5. The fourth-order valence-electron chi connectivity index (χ4n) is 9.87. The number of carbonyl (C=O) groups is 4. The minimum Gasteiger partial charge on any atom is -0.464 e. The summed E-state index contributed by atoms with van der Waals surface area (Å²) in [4.78, 5) is 70.0. The number of thiazole rings is 1. The monoisotopic (exact) mass is 920 g/mol. The molecule has 352 valence electrons. The molecule has 3 aliphatic heterocycles. The molecule has 6 bridgehead atoms. The van der Waals surface area contributed by atoms with E-state index in [2.05, 4.69) is 65.4 Å². The quantitative estimate of drug-likeness (QED) is 0.153. The largest absolute Gasteiger partial charge is 0.464 e. The molecule has 5 aromatic rings. The van der Waals surface area contributed by atoms with Crippen molar-refractivity contribution >= 4 is 46.1 Å². The summed E-state index contributed by atoms with van der Waals surface area (Å²) in [5.41, 5.74) is 11.3. The summed E-state index contributed by atoms with van der Waals surface area (Å²) in [6, 6.07) is 9.56. The lowest BCUT2D eigenvalue weighted by atomic mass is 9.84. The average molecular weight is 921 g/mol. The van der Waals surface area contributed by atoms with E-state index in [0.29, 0.717) is 50.4 Å². The molecule has 4 aromatic heterocycles. The molecule has 4 atom stereocenters. The van der Waals surface area contributed by atoms with Crippen LogP contribution in [0.2, 0.25) is 0 Å². The third kappa shape index (κ3) is 9.21. The van der Waals surface area contributed by atoms with Crippen molar-refractivity contribution in [1.82, 2.24) is 49.9 Å². The lowest BCUT2D eigenvalue weighted by molar-refractivity contribution is -0.155. The van der Waals surface area contributed by atoms with Gasteiger partial charge in [0.1, 0.15) is 18.1 Å². The molecule has 0 aliphatic carbocycles. The van der Waals surface area contributed by atoms with E-state index in [1.54, 1.807) is 25.3 Å². The van der Waals surface area contributed by atoms with E-state index in [1.807, 2.05) is 56.8 Å². The molecule has 2 fully saturated rings. The van der Waals surface area contributed by atoms with Gasteiger partial charge in [0.05, 0.1) is 46.5 Å². The summed E-state index contributed by atoms with van der Waals surface area (Å²) in [5, 5.41) is 12.8. The number of amides is 4. The first-order valence-electron chi connectivity index (χ1n) is 23.2. The van der Waals surface area contributed by atoms with Gasteiger partial charge < -0.3 is 29.2 Å². The van der Waals surface area contributed by atoms with Gasteiger partial charge in [-0.15, -0.1) is 11.3 Å². The molecule has 0 radical (unpaired) electrons. The topological polar surface area (TPSA) is 169 Å². The highest BCUT2D eigenvalue weighted by molar-refractivity contribution is 7.10. The highest BCUT2D eigenvalue weighted by Gasteiger charge is 2.41. The van der Waals surface area contributed by atoms with Crippen LogP contribution in [0.5, 0.6) is 0 Å². The maximum absolute atomic E-state index is 14.6. The number of nitrogens with one attached hydrogen (secondary N) is 2. The first-order chi connectivity index (χ1) is 31.5. The molecule has 7 heterocycles. The molecule has 66 heavy (non-hydrogen) atoms. The minimum atomic E-state index is -1.06. The predicted octanol–water partition coefficient (Wildman–Crippen LogP) is 6.65. The molecule has 1 aromatic carbocycles. The molecular formula is C49H64N10O6S. The number of ether oxygens (including phenoxy) is 2. The third-order valence-electron chi connectivity index (χ3n) is 13.3. The summed E-state index contributed by atoms with van der Waals surface area (Å²) in [6.45, 7) is 18.2. The van der Waals surface area contributed by atoms with Gasteiger partial charge in [-0.3, -0.25) is 29.1 Å². The van der Waals surface area contributed by atoms with Crippen molar-refractivity contribution in [2.45, 2.75) is 118 Å². The number of esters is 1. The lowest BCUT2D eigenvalue weighted by Gasteiger charge is -2.43. The molecule has 2 saturated heterocycles. The number of hydrazine groups is 1. The number of cyclic esters (lactones) is 1. The Morgan fingerprint density at radius 2 is 1.89 bits per heavy atom. The summed E-state index contributed by atoms with van der Waals surface area (Å²) >= 11 is 1.42. The Balaban J connectivity index is 1.13. The molecule has 17 heteroatoms. The van der Waals surface area contributed by atoms with E-state index in [0.717, 1.165) is 56.1 Å². The standard InChI is InChI=1S/C49H64N10O6S/c1-11-57-40-17-16-32-21-35(40)36(44(57)34-14-12-18-50-42(34)31(6)64-10)23-49(7,8)27-65-47(62)37-15-13-19-58(54-37)46(61)38(22-41-51-39(32)26-66-41)52-45(60)43(28(2)3)55(9)48(63)56-24-33(25-56)59-30(5)20-29(4)53-59/h12,14,16-18,20-21,26,28,31,33,37-38,43,54H,11,13,15,19,22-25,27H2,1-10H3,(H,52,60)/t31-,37-,38-,43?/m0/s1. The number of pyridine rings is 1. The summed E-state index contributed by atoms with van der Waals surface area (Å²) < 4.78 is 16.2. The number of likely N-dealkylation sites (N-methyl/N-ethyl adjacent to an activating group) is 1. The van der Waals surface area contributed by atoms with Crippen LogP contribution in [-0.4, -0.2) is 121 Å². The minimum absolute atomic E-state index is 0.0592. The Hall–Kier alpha value is -5.65. The first-order valence-corrected chi connectivity index (χ1v) is 24.0. The zero-order chi connectivity index (χ0) is 47.2. The van der Waals surface area contributed by atoms with Crippen LogP contribution in [0.1, 0.15) is 94.2 Å². The molecule has 8 rings (SSSR count). The Morgan fingerprint density at radius 3 is 2.59 bits per heavy atom. The number of fused-ring (bicyclic) bond motifs is 6. The Bertz CT molecular complexity index is 2630. The van der Waals surface area contributed by atoms with Crippen LogP contribution in [0.25, 0.3) is 33.4 Å². The van der Waals surface area contributed by atoms with Crippen molar-refractivity contribution < 1.29 is 28.7 Å². The van der Waals surface area contributed by atoms with Gasteiger partial charge >= 0.3 is 12.0 Å². The van der Waals surface area contributed by atoms with Crippen molar-refractivity contribution in [2.24, 2.45) is 11.3 Å². The normalized spacial score (nSPS) is 20.2. The molecule has 0 spiro atoms. The number of benzene rings is 1. The second kappa shape index (κ2) is 18.9. The van der Waals surface area contributed by atoms with Crippen LogP contribution in [0.3, 0.4) is 0 Å². The number of hydrogen-bond acceptors (Lipinski definition) is 11.